The molecule has 0 bridgehead atoms. The summed E-state index contributed by atoms with van der Waals surface area (Å²) in [7, 11) is 0. The van der Waals surface area contributed by atoms with Gasteiger partial charge >= 0.3 is 0 Å². The maximum absolute atomic E-state index is 2.35. The average molecular weight is 329 g/mol. The van der Waals surface area contributed by atoms with Gasteiger partial charge in [-0.3, -0.25) is 0 Å². The Balaban J connectivity index is 2.15. The van der Waals surface area contributed by atoms with Crippen molar-refractivity contribution < 1.29 is 0 Å². The highest BCUT2D eigenvalue weighted by molar-refractivity contribution is 5.77. The summed E-state index contributed by atoms with van der Waals surface area (Å²) in [6.45, 7) is 10.9. The lowest BCUT2D eigenvalue weighted by molar-refractivity contribution is 1.13. The number of nitrogens with zero attached hydrogens (tertiary/aromatic N) is 1. The molecule has 0 fully saturated rings. The molecular weight excluding hydrogens is 302 g/mol. The van der Waals surface area contributed by atoms with E-state index in [1.807, 2.05) is 0 Å². The zero-order valence-corrected chi connectivity index (χ0v) is 15.9. The van der Waals surface area contributed by atoms with Gasteiger partial charge in [0.25, 0.3) is 0 Å². The number of benzene rings is 3. The Kier molecular flexibility index (Phi) is 4.94. The maximum Gasteiger partial charge on any atom is 0.0464 e. The van der Waals surface area contributed by atoms with Crippen LogP contribution in [0, 0.1) is 27.7 Å². The van der Waals surface area contributed by atoms with Gasteiger partial charge in [-0.25, -0.2) is 0 Å². The molecule has 0 atom stereocenters. The standard InChI is InChI=1S/C24H27N/c1-6-21-9-13-22(14-10-21)25(23-11-7-17(2)19(4)15-23)24-12-8-18(3)20(5)16-24/h7-16H,6H2,1-5H3. The number of anilines is 3. The molecule has 0 heterocycles. The summed E-state index contributed by atoms with van der Waals surface area (Å²) in [4.78, 5) is 2.35. The van der Waals surface area contributed by atoms with Crippen molar-refractivity contribution in [1.29, 1.82) is 0 Å². The van der Waals surface area contributed by atoms with Crippen LogP contribution in [0.1, 0.15) is 34.7 Å². The first-order valence-electron chi connectivity index (χ1n) is 9.03. The molecule has 0 amide bonds. The number of aryl methyl sites for hydroxylation is 5. The molecule has 0 unspecified atom stereocenters. The minimum Gasteiger partial charge on any atom is -0.310 e. The second-order valence-corrected chi connectivity index (χ2v) is 6.89. The molecule has 0 spiro atoms. The Morgan fingerprint density at radius 3 is 1.40 bits per heavy atom. The van der Waals surface area contributed by atoms with Crippen LogP contribution in [0.5, 0.6) is 0 Å². The van der Waals surface area contributed by atoms with Gasteiger partial charge in [0.2, 0.25) is 0 Å². The molecular formula is C24H27N. The average Bonchev–Trinajstić information content (AvgIpc) is 2.62. The maximum atomic E-state index is 2.35. The lowest BCUT2D eigenvalue weighted by Gasteiger charge is -2.27. The van der Waals surface area contributed by atoms with Crippen LogP contribution in [-0.4, -0.2) is 0 Å². The highest BCUT2D eigenvalue weighted by Gasteiger charge is 2.13. The second-order valence-electron chi connectivity index (χ2n) is 6.89. The lowest BCUT2D eigenvalue weighted by Crippen LogP contribution is -2.10. The van der Waals surface area contributed by atoms with Gasteiger partial charge in [0.05, 0.1) is 0 Å². The Morgan fingerprint density at radius 1 is 0.560 bits per heavy atom. The fourth-order valence-corrected chi connectivity index (χ4v) is 3.06. The predicted octanol–water partition coefficient (Wildman–Crippen LogP) is 6.95. The van der Waals surface area contributed by atoms with Gasteiger partial charge < -0.3 is 4.90 Å². The normalized spacial score (nSPS) is 10.8. The van der Waals surface area contributed by atoms with E-state index in [-0.39, 0.29) is 0 Å². The smallest absolute Gasteiger partial charge is 0.0464 e. The third-order valence-electron chi connectivity index (χ3n) is 5.10. The second kappa shape index (κ2) is 7.14. The number of hydrogen-bond acceptors (Lipinski definition) is 1. The topological polar surface area (TPSA) is 3.24 Å². The van der Waals surface area contributed by atoms with Crippen molar-refractivity contribution in [3.63, 3.8) is 0 Å². The Labute approximate surface area is 151 Å². The predicted molar refractivity (Wildman–Crippen MR) is 109 cm³/mol. The van der Waals surface area contributed by atoms with E-state index in [0.717, 1.165) is 6.42 Å². The first kappa shape index (κ1) is 17.3. The molecule has 3 aromatic carbocycles. The van der Waals surface area contributed by atoms with Crippen LogP contribution in [0.15, 0.2) is 60.7 Å². The SMILES string of the molecule is CCc1ccc(N(c2ccc(C)c(C)c2)c2ccc(C)c(C)c2)cc1. The van der Waals surface area contributed by atoms with Gasteiger partial charge in [0.15, 0.2) is 0 Å². The van der Waals surface area contributed by atoms with Crippen LogP contribution >= 0.6 is 0 Å². The molecule has 0 radical (unpaired) electrons. The summed E-state index contributed by atoms with van der Waals surface area (Å²) in [6.07, 6.45) is 1.06. The number of rotatable bonds is 4. The van der Waals surface area contributed by atoms with Gasteiger partial charge in [0, 0.05) is 17.1 Å². The van der Waals surface area contributed by atoms with E-state index in [1.54, 1.807) is 0 Å². The van der Waals surface area contributed by atoms with E-state index in [2.05, 4.69) is 100 Å². The van der Waals surface area contributed by atoms with Crippen molar-refractivity contribution in [3.8, 4) is 0 Å². The zero-order valence-electron chi connectivity index (χ0n) is 15.9. The van der Waals surface area contributed by atoms with Gasteiger partial charge in [-0.05, 0) is 98.3 Å². The van der Waals surface area contributed by atoms with E-state index < -0.39 is 0 Å². The lowest BCUT2D eigenvalue weighted by atomic mass is 10.1. The summed E-state index contributed by atoms with van der Waals surface area (Å²) >= 11 is 0. The molecule has 1 heteroatoms. The molecule has 0 N–H and O–H groups in total. The molecule has 1 nitrogen and oxygen atoms in total. The van der Waals surface area contributed by atoms with Crippen molar-refractivity contribution in [3.05, 3.63) is 88.5 Å². The quantitative estimate of drug-likeness (QED) is 0.500. The Hall–Kier alpha value is -2.54. The van der Waals surface area contributed by atoms with Crippen molar-refractivity contribution >= 4 is 17.1 Å². The molecule has 0 aliphatic heterocycles. The largest absolute Gasteiger partial charge is 0.310 e. The van der Waals surface area contributed by atoms with E-state index in [4.69, 9.17) is 0 Å². The van der Waals surface area contributed by atoms with Crippen LogP contribution in [0.3, 0.4) is 0 Å². The van der Waals surface area contributed by atoms with Crippen LogP contribution in [0.4, 0.5) is 17.1 Å². The summed E-state index contributed by atoms with van der Waals surface area (Å²) < 4.78 is 0. The molecule has 0 saturated heterocycles. The van der Waals surface area contributed by atoms with Crippen molar-refractivity contribution in [2.45, 2.75) is 41.0 Å². The van der Waals surface area contributed by atoms with Crippen LogP contribution in [0.25, 0.3) is 0 Å². The molecule has 0 aliphatic carbocycles. The van der Waals surface area contributed by atoms with Crippen LogP contribution < -0.4 is 4.90 Å². The Morgan fingerprint density at radius 2 is 1.00 bits per heavy atom. The van der Waals surface area contributed by atoms with Crippen molar-refractivity contribution in [2.75, 3.05) is 4.90 Å². The first-order chi connectivity index (χ1) is 12.0. The molecule has 25 heavy (non-hydrogen) atoms. The van der Waals surface area contributed by atoms with E-state index in [0.29, 0.717) is 0 Å². The monoisotopic (exact) mass is 329 g/mol. The van der Waals surface area contributed by atoms with E-state index in [1.165, 1.54) is 44.9 Å². The molecule has 3 aromatic rings. The van der Waals surface area contributed by atoms with Gasteiger partial charge in [0.1, 0.15) is 0 Å². The molecule has 0 aliphatic rings. The summed E-state index contributed by atoms with van der Waals surface area (Å²) in [5, 5.41) is 0. The summed E-state index contributed by atoms with van der Waals surface area (Å²) in [5.74, 6) is 0. The Bertz CT molecular complexity index is 824. The van der Waals surface area contributed by atoms with E-state index in [9.17, 15) is 0 Å². The van der Waals surface area contributed by atoms with Gasteiger partial charge in [-0.15, -0.1) is 0 Å². The minimum atomic E-state index is 1.06. The minimum absolute atomic E-state index is 1.06. The molecule has 0 saturated carbocycles. The highest BCUT2D eigenvalue weighted by Crippen LogP contribution is 2.36. The van der Waals surface area contributed by atoms with Crippen molar-refractivity contribution in [2.24, 2.45) is 0 Å². The highest BCUT2D eigenvalue weighted by atomic mass is 15.1. The third kappa shape index (κ3) is 3.61. The number of hydrogen-bond donors (Lipinski definition) is 0. The zero-order chi connectivity index (χ0) is 18.0. The first-order valence-corrected chi connectivity index (χ1v) is 9.03. The summed E-state index contributed by atoms with van der Waals surface area (Å²) in [6, 6.07) is 22.3. The van der Waals surface area contributed by atoms with Gasteiger partial charge in [-0.1, -0.05) is 31.2 Å². The van der Waals surface area contributed by atoms with Crippen molar-refractivity contribution in [1.82, 2.24) is 0 Å². The molecule has 128 valence electrons. The third-order valence-corrected chi connectivity index (χ3v) is 5.10. The van der Waals surface area contributed by atoms with E-state index >= 15 is 0 Å². The fraction of sp³-hybridized carbons (Fsp3) is 0.250. The molecule has 3 rings (SSSR count). The van der Waals surface area contributed by atoms with Gasteiger partial charge in [-0.2, -0.15) is 0 Å². The fourth-order valence-electron chi connectivity index (χ4n) is 3.06. The summed E-state index contributed by atoms with van der Waals surface area (Å²) in [5.41, 5.74) is 10.3. The van der Waals surface area contributed by atoms with Crippen LogP contribution in [-0.2, 0) is 6.42 Å². The van der Waals surface area contributed by atoms with Crippen LogP contribution in [0.2, 0.25) is 0 Å². The molecule has 0 aromatic heterocycles.